The molecule has 0 radical (unpaired) electrons. The Morgan fingerprint density at radius 3 is 2.29 bits per heavy atom. The second-order valence-corrected chi connectivity index (χ2v) is 14.5. The van der Waals surface area contributed by atoms with Crippen LogP contribution < -0.4 is 26.6 Å². The van der Waals surface area contributed by atoms with Crippen LogP contribution in [0.1, 0.15) is 77.0 Å². The van der Waals surface area contributed by atoms with E-state index in [0.717, 1.165) is 77.3 Å². The minimum absolute atomic E-state index is 0.0724. The molecule has 1 aliphatic heterocycles. The van der Waals surface area contributed by atoms with Gasteiger partial charge in [-0.2, -0.15) is 0 Å². The minimum atomic E-state index is -3.96. The number of nitrogen functional groups attached to an aromatic ring is 1. The fraction of sp³-hybridized carbons (Fsp3) is 0.893. The molecule has 0 aromatic carbocycles. The van der Waals surface area contributed by atoms with Crippen LogP contribution >= 0.6 is 7.94 Å². The molecule has 2 saturated carbocycles. The first-order valence-electron chi connectivity index (χ1n) is 16.2. The average Bonchev–Trinajstić information content (AvgIpc) is 3.20. The molecule has 12 nitrogen and oxygen atoms in total. The van der Waals surface area contributed by atoms with E-state index in [1.807, 2.05) is 0 Å². The molecule has 1 aromatic heterocycles. The summed E-state index contributed by atoms with van der Waals surface area (Å²) in [6.07, 6.45) is 14.7. The summed E-state index contributed by atoms with van der Waals surface area (Å²) < 4.78 is 0. The Morgan fingerprint density at radius 2 is 1.54 bits per heavy atom. The normalized spacial score (nSPS) is 23.8. The van der Waals surface area contributed by atoms with Crippen molar-refractivity contribution in [2.24, 2.45) is 11.8 Å². The van der Waals surface area contributed by atoms with Crippen molar-refractivity contribution < 1.29 is 14.7 Å². The van der Waals surface area contributed by atoms with Gasteiger partial charge in [0.15, 0.2) is 0 Å². The molecule has 0 atom stereocenters. The number of nitrogens with two attached hydrogens (primary N) is 1. The van der Waals surface area contributed by atoms with Crippen molar-refractivity contribution in [3.8, 4) is 0 Å². The fourth-order valence-electron chi connectivity index (χ4n) is 6.54. The van der Waals surface area contributed by atoms with Crippen LogP contribution in [-0.4, -0.2) is 106 Å². The van der Waals surface area contributed by atoms with Gasteiger partial charge in [0.1, 0.15) is 0 Å². The second kappa shape index (κ2) is 17.0. The quantitative estimate of drug-likeness (QED) is 0.116. The van der Waals surface area contributed by atoms with Gasteiger partial charge in [0, 0.05) is 6.04 Å². The first-order chi connectivity index (χ1) is 19.8. The van der Waals surface area contributed by atoms with Gasteiger partial charge in [-0.05, 0) is 76.4 Å². The third kappa shape index (κ3) is 12.4. The molecule has 2 aliphatic carbocycles. The molecule has 2 heterocycles. The van der Waals surface area contributed by atoms with Crippen LogP contribution in [0.5, 0.6) is 0 Å². The SMILES string of the molecule is Nc1nc(NC[C@H]2CC[C@H](CNCCCNC3CCCCC3)CC2)nc(N2CCCN(CCC[PH](O)(O)O)CC2)n1. The molecule has 0 unspecified atom stereocenters. The van der Waals surface area contributed by atoms with Crippen LogP contribution in [0.25, 0.3) is 0 Å². The van der Waals surface area contributed by atoms with Gasteiger partial charge in [0.05, 0.1) is 0 Å². The van der Waals surface area contributed by atoms with Crippen molar-refractivity contribution in [1.82, 2.24) is 30.5 Å². The summed E-state index contributed by atoms with van der Waals surface area (Å²) in [7, 11) is -3.96. The molecule has 236 valence electrons. The average molecular weight is 598 g/mol. The monoisotopic (exact) mass is 597 g/mol. The van der Waals surface area contributed by atoms with Crippen molar-refractivity contribution in [2.75, 3.05) is 81.0 Å². The molecule has 1 aromatic rings. The van der Waals surface area contributed by atoms with E-state index in [2.05, 4.69) is 35.7 Å². The van der Waals surface area contributed by atoms with Gasteiger partial charge in [0.2, 0.25) is 0 Å². The van der Waals surface area contributed by atoms with Gasteiger partial charge < -0.3 is 10.6 Å². The molecule has 0 spiro atoms. The number of aromatic nitrogens is 3. The Balaban J connectivity index is 1.10. The van der Waals surface area contributed by atoms with Crippen molar-refractivity contribution in [2.45, 2.75) is 83.1 Å². The van der Waals surface area contributed by atoms with E-state index in [4.69, 9.17) is 10.7 Å². The third-order valence-corrected chi connectivity index (χ3v) is 10.0. The molecule has 8 N–H and O–H groups in total. The van der Waals surface area contributed by atoms with Gasteiger partial charge in [0.25, 0.3) is 0 Å². The summed E-state index contributed by atoms with van der Waals surface area (Å²) in [5, 5.41) is 10.9. The molecular formula is C28H56N9O3P. The second-order valence-electron chi connectivity index (χ2n) is 12.5. The van der Waals surface area contributed by atoms with Crippen LogP contribution in [-0.2, 0) is 0 Å². The van der Waals surface area contributed by atoms with Crippen LogP contribution in [0.4, 0.5) is 17.8 Å². The van der Waals surface area contributed by atoms with E-state index in [0.29, 0.717) is 24.2 Å². The van der Waals surface area contributed by atoms with Gasteiger partial charge in [-0.25, -0.2) is 0 Å². The summed E-state index contributed by atoms with van der Waals surface area (Å²) in [6.45, 7) is 8.29. The van der Waals surface area contributed by atoms with E-state index in [9.17, 15) is 14.7 Å². The van der Waals surface area contributed by atoms with Gasteiger partial charge in [-0.1, -0.05) is 19.3 Å². The summed E-state index contributed by atoms with van der Waals surface area (Å²) >= 11 is 0. The molecular weight excluding hydrogens is 541 g/mol. The van der Waals surface area contributed by atoms with Crippen molar-refractivity contribution in [3.05, 3.63) is 0 Å². The van der Waals surface area contributed by atoms with E-state index in [-0.39, 0.29) is 12.1 Å². The summed E-state index contributed by atoms with van der Waals surface area (Å²) in [6, 6.07) is 0.761. The molecule has 1 saturated heterocycles. The number of hydrogen-bond donors (Lipinski definition) is 7. The molecule has 0 amide bonds. The Hall–Kier alpha value is -1.40. The predicted octanol–water partition coefficient (Wildman–Crippen LogP) is 1.95. The Bertz CT molecular complexity index is 880. The maximum atomic E-state index is 9.25. The number of rotatable bonds is 15. The maximum absolute atomic E-state index is 9.25. The van der Waals surface area contributed by atoms with Crippen molar-refractivity contribution >= 4 is 25.8 Å². The number of hydrogen-bond acceptors (Lipinski definition) is 12. The van der Waals surface area contributed by atoms with Crippen molar-refractivity contribution in [1.29, 1.82) is 0 Å². The Labute approximate surface area is 246 Å². The molecule has 0 bridgehead atoms. The zero-order valence-corrected chi connectivity index (χ0v) is 25.9. The van der Waals surface area contributed by atoms with Crippen LogP contribution in [0, 0.1) is 11.8 Å². The summed E-state index contributed by atoms with van der Waals surface area (Å²) in [5.41, 5.74) is 6.06. The summed E-state index contributed by atoms with van der Waals surface area (Å²) in [5.74, 6) is 2.79. The number of anilines is 3. The molecule has 4 rings (SSSR count). The number of nitrogens with zero attached hydrogens (tertiary/aromatic N) is 5. The van der Waals surface area contributed by atoms with E-state index in [1.54, 1.807) is 0 Å². The zero-order valence-electron chi connectivity index (χ0n) is 24.9. The standard InChI is InChI=1S/C28H56N9O3P/c29-26-33-27(35-28(34-26)37-17-5-15-36(18-19-37)16-6-20-41(38,39)40)32-22-24-11-9-23(10-12-24)21-30-13-4-14-31-25-7-2-1-3-8-25/h23-25,30-31,38-41H,1-22H2,(H3,29,32,33,34,35)/t23-,24-. The Kier molecular flexibility index (Phi) is 13.5. The topological polar surface area (TPSA) is 168 Å². The zero-order chi connectivity index (χ0) is 28.9. The van der Waals surface area contributed by atoms with Crippen molar-refractivity contribution in [3.63, 3.8) is 0 Å². The van der Waals surface area contributed by atoms with Crippen LogP contribution in [0.2, 0.25) is 0 Å². The van der Waals surface area contributed by atoms with Crippen LogP contribution in [0.3, 0.4) is 0 Å². The van der Waals surface area contributed by atoms with E-state index in [1.165, 1.54) is 64.2 Å². The van der Waals surface area contributed by atoms with E-state index < -0.39 is 7.94 Å². The molecule has 3 fully saturated rings. The molecule has 41 heavy (non-hydrogen) atoms. The molecule has 3 aliphatic rings. The molecule has 13 heteroatoms. The van der Waals surface area contributed by atoms with Gasteiger partial charge in [-0.15, -0.1) is 0 Å². The summed E-state index contributed by atoms with van der Waals surface area (Å²) in [4.78, 5) is 45.6. The van der Waals surface area contributed by atoms with Gasteiger partial charge >= 0.3 is 135 Å². The first kappa shape index (κ1) is 32.5. The third-order valence-electron chi connectivity index (χ3n) is 9.02. The van der Waals surface area contributed by atoms with Gasteiger partial charge in [-0.3, -0.25) is 0 Å². The first-order valence-corrected chi connectivity index (χ1v) is 18.2. The van der Waals surface area contributed by atoms with Crippen LogP contribution in [0.15, 0.2) is 0 Å². The fourth-order valence-corrected chi connectivity index (χ4v) is 7.18. The Morgan fingerprint density at radius 1 is 0.780 bits per heavy atom. The number of nitrogens with one attached hydrogen (secondary N) is 3. The van der Waals surface area contributed by atoms with E-state index >= 15 is 0 Å². The predicted molar refractivity (Wildman–Crippen MR) is 168 cm³/mol.